The highest BCUT2D eigenvalue weighted by Crippen LogP contribution is 2.32. The molecule has 148 valence electrons. The Bertz CT molecular complexity index is 654. The summed E-state index contributed by atoms with van der Waals surface area (Å²) >= 11 is 0. The Labute approximate surface area is 160 Å². The van der Waals surface area contributed by atoms with Crippen LogP contribution in [0, 0.1) is 0 Å². The van der Waals surface area contributed by atoms with Gasteiger partial charge in [0.15, 0.2) is 12.4 Å². The highest BCUT2D eigenvalue weighted by atomic mass is 16.6. The van der Waals surface area contributed by atoms with Gasteiger partial charge in [-0.3, -0.25) is 9.59 Å². The van der Waals surface area contributed by atoms with Gasteiger partial charge in [0.2, 0.25) is 0 Å². The van der Waals surface area contributed by atoms with E-state index in [1.54, 1.807) is 32.9 Å². The van der Waals surface area contributed by atoms with Crippen LogP contribution in [0.25, 0.3) is 0 Å². The summed E-state index contributed by atoms with van der Waals surface area (Å²) < 4.78 is 9.95. The summed E-state index contributed by atoms with van der Waals surface area (Å²) in [6, 6.07) is 7.57. The summed E-state index contributed by atoms with van der Waals surface area (Å²) in [6.45, 7) is 4.48. The quantitative estimate of drug-likeness (QED) is 0.601. The van der Waals surface area contributed by atoms with Crippen molar-refractivity contribution in [2.75, 3.05) is 13.2 Å². The van der Waals surface area contributed by atoms with E-state index in [4.69, 9.17) is 9.47 Å². The number of amides is 1. The molecule has 0 heterocycles. The lowest BCUT2D eigenvalue weighted by atomic mass is 9.84. The summed E-state index contributed by atoms with van der Waals surface area (Å²) in [5, 5.41) is 2.30. The van der Waals surface area contributed by atoms with Crippen molar-refractivity contribution in [3.05, 3.63) is 35.4 Å². The van der Waals surface area contributed by atoms with E-state index in [9.17, 15) is 14.4 Å². The first-order valence-electron chi connectivity index (χ1n) is 9.50. The number of hydrogen-bond donors (Lipinski definition) is 1. The van der Waals surface area contributed by atoms with Crippen molar-refractivity contribution < 1.29 is 23.9 Å². The molecule has 0 radical (unpaired) electrons. The van der Waals surface area contributed by atoms with E-state index in [1.165, 1.54) is 37.7 Å². The standard InChI is InChI=1S/C21H29NO5/c1-21(2,3)27-20(25)22-13-19(24)26-14-18(23)17-11-9-16(10-12-17)15-7-5-4-6-8-15/h9-12,15H,4-8,13-14H2,1-3H3,(H,22,25). The van der Waals surface area contributed by atoms with Crippen molar-refractivity contribution in [2.45, 2.75) is 64.4 Å². The molecule has 1 aliphatic carbocycles. The summed E-state index contributed by atoms with van der Waals surface area (Å²) in [5.74, 6) is -0.372. The van der Waals surface area contributed by atoms with Crippen LogP contribution in [0.1, 0.15) is 74.7 Å². The Morgan fingerprint density at radius 3 is 2.26 bits per heavy atom. The predicted molar refractivity (Wildman–Crippen MR) is 102 cm³/mol. The van der Waals surface area contributed by atoms with Crippen molar-refractivity contribution in [3.63, 3.8) is 0 Å². The minimum absolute atomic E-state index is 0.268. The highest BCUT2D eigenvalue weighted by Gasteiger charge is 2.18. The third-order valence-electron chi connectivity index (χ3n) is 4.45. The first kappa shape index (κ1) is 20.9. The van der Waals surface area contributed by atoms with Gasteiger partial charge in [0, 0.05) is 5.56 Å². The average Bonchev–Trinajstić information content (AvgIpc) is 2.64. The number of ether oxygens (including phenoxy) is 2. The van der Waals surface area contributed by atoms with Gasteiger partial charge >= 0.3 is 12.1 Å². The van der Waals surface area contributed by atoms with Crippen LogP contribution in [0.3, 0.4) is 0 Å². The van der Waals surface area contributed by atoms with E-state index < -0.39 is 17.7 Å². The molecular formula is C21H29NO5. The molecule has 0 aliphatic heterocycles. The van der Waals surface area contributed by atoms with E-state index >= 15 is 0 Å². The van der Waals surface area contributed by atoms with E-state index in [0.717, 1.165) is 0 Å². The van der Waals surface area contributed by atoms with Crippen LogP contribution in [0.4, 0.5) is 4.79 Å². The van der Waals surface area contributed by atoms with Gasteiger partial charge in [-0.25, -0.2) is 4.79 Å². The molecule has 1 aromatic carbocycles. The van der Waals surface area contributed by atoms with Crippen LogP contribution >= 0.6 is 0 Å². The van der Waals surface area contributed by atoms with Crippen LogP contribution in [0.5, 0.6) is 0 Å². The highest BCUT2D eigenvalue weighted by molar-refractivity contribution is 5.98. The van der Waals surface area contributed by atoms with Crippen LogP contribution in [0.2, 0.25) is 0 Å². The maximum atomic E-state index is 12.2. The zero-order chi connectivity index (χ0) is 19.9. The van der Waals surface area contributed by atoms with E-state index in [-0.39, 0.29) is 18.9 Å². The Morgan fingerprint density at radius 2 is 1.67 bits per heavy atom. The number of ketones is 1. The second-order valence-electron chi connectivity index (χ2n) is 7.90. The SMILES string of the molecule is CC(C)(C)OC(=O)NCC(=O)OCC(=O)c1ccc(C2CCCCC2)cc1. The summed E-state index contributed by atoms with van der Waals surface area (Å²) in [4.78, 5) is 35.3. The van der Waals surface area contributed by atoms with E-state index in [1.807, 2.05) is 12.1 Å². The predicted octanol–water partition coefficient (Wildman–Crippen LogP) is 3.98. The molecule has 6 nitrogen and oxygen atoms in total. The molecule has 2 rings (SSSR count). The molecule has 6 heteroatoms. The van der Waals surface area contributed by atoms with E-state index in [2.05, 4.69) is 5.32 Å². The molecule has 0 bridgehead atoms. The monoisotopic (exact) mass is 375 g/mol. The number of benzene rings is 1. The topological polar surface area (TPSA) is 81.7 Å². The lowest BCUT2D eigenvalue weighted by molar-refractivity contribution is -0.141. The molecule has 1 saturated carbocycles. The van der Waals surface area contributed by atoms with Crippen molar-refractivity contribution in [2.24, 2.45) is 0 Å². The zero-order valence-corrected chi connectivity index (χ0v) is 16.4. The van der Waals surface area contributed by atoms with Crippen LogP contribution < -0.4 is 5.32 Å². The largest absolute Gasteiger partial charge is 0.456 e. The maximum Gasteiger partial charge on any atom is 0.408 e. The van der Waals surface area contributed by atoms with Gasteiger partial charge in [0.25, 0.3) is 0 Å². The second-order valence-corrected chi connectivity index (χ2v) is 7.90. The lowest BCUT2D eigenvalue weighted by Crippen LogP contribution is -2.36. The Kier molecular flexibility index (Phi) is 7.39. The molecule has 1 N–H and O–H groups in total. The van der Waals surface area contributed by atoms with Crippen LogP contribution in [-0.4, -0.2) is 36.6 Å². The zero-order valence-electron chi connectivity index (χ0n) is 16.4. The van der Waals surface area contributed by atoms with Gasteiger partial charge in [-0.1, -0.05) is 43.5 Å². The molecule has 0 spiro atoms. The summed E-state index contributed by atoms with van der Waals surface area (Å²) in [6.07, 6.45) is 5.54. The molecule has 1 amide bonds. The number of alkyl carbamates (subject to hydrolysis) is 1. The first-order valence-corrected chi connectivity index (χ1v) is 9.50. The van der Waals surface area contributed by atoms with Crippen LogP contribution in [0.15, 0.2) is 24.3 Å². The molecule has 0 aromatic heterocycles. The van der Waals surface area contributed by atoms with Crippen molar-refractivity contribution in [1.29, 1.82) is 0 Å². The van der Waals surface area contributed by atoms with Gasteiger partial charge in [0.1, 0.15) is 12.1 Å². The van der Waals surface area contributed by atoms with Gasteiger partial charge in [-0.15, -0.1) is 0 Å². The third-order valence-corrected chi connectivity index (χ3v) is 4.45. The van der Waals surface area contributed by atoms with Gasteiger partial charge in [0.05, 0.1) is 0 Å². The Balaban J connectivity index is 1.74. The minimum atomic E-state index is -0.705. The number of esters is 1. The van der Waals surface area contributed by atoms with Crippen molar-refractivity contribution in [3.8, 4) is 0 Å². The minimum Gasteiger partial charge on any atom is -0.456 e. The number of carbonyl (C=O) groups excluding carboxylic acids is 3. The van der Waals surface area contributed by atoms with E-state index in [0.29, 0.717) is 11.5 Å². The summed E-state index contributed by atoms with van der Waals surface area (Å²) in [5.41, 5.74) is 1.14. The van der Waals surface area contributed by atoms with Gasteiger partial charge in [-0.05, 0) is 45.1 Å². The normalized spacial score (nSPS) is 15.1. The fraction of sp³-hybridized carbons (Fsp3) is 0.571. The van der Waals surface area contributed by atoms with Crippen molar-refractivity contribution >= 4 is 17.8 Å². The molecule has 1 fully saturated rings. The molecule has 0 unspecified atom stereocenters. The Hall–Kier alpha value is -2.37. The molecule has 1 aliphatic rings. The fourth-order valence-electron chi connectivity index (χ4n) is 3.12. The molecular weight excluding hydrogens is 346 g/mol. The van der Waals surface area contributed by atoms with Crippen LogP contribution in [-0.2, 0) is 14.3 Å². The fourth-order valence-corrected chi connectivity index (χ4v) is 3.12. The molecule has 0 atom stereocenters. The molecule has 0 saturated heterocycles. The lowest BCUT2D eigenvalue weighted by Gasteiger charge is -2.22. The maximum absolute atomic E-state index is 12.2. The summed E-state index contributed by atoms with van der Waals surface area (Å²) in [7, 11) is 0. The third kappa shape index (κ3) is 7.41. The first-order chi connectivity index (χ1) is 12.7. The number of carbonyl (C=O) groups is 3. The number of nitrogens with one attached hydrogen (secondary N) is 1. The number of Topliss-reactive ketones (excluding diaryl/α,β-unsaturated/α-hetero) is 1. The number of hydrogen-bond acceptors (Lipinski definition) is 5. The van der Waals surface area contributed by atoms with Crippen molar-refractivity contribution in [1.82, 2.24) is 5.32 Å². The average molecular weight is 375 g/mol. The smallest absolute Gasteiger partial charge is 0.408 e. The second kappa shape index (κ2) is 9.53. The molecule has 1 aromatic rings. The van der Waals surface area contributed by atoms with Gasteiger partial charge in [-0.2, -0.15) is 0 Å². The molecule has 27 heavy (non-hydrogen) atoms. The Morgan fingerprint density at radius 1 is 1.04 bits per heavy atom. The van der Waals surface area contributed by atoms with Gasteiger partial charge < -0.3 is 14.8 Å². The number of rotatable bonds is 6.